The molecular formula is C14H17N3O3S. The number of carbonyl (C=O) groups is 1. The van der Waals surface area contributed by atoms with Gasteiger partial charge in [0, 0.05) is 5.56 Å². The molecule has 0 radical (unpaired) electrons. The SMILES string of the molecule is COC(=O)C(N)CCSCc1nc(-c2ccccc2)no1. The van der Waals surface area contributed by atoms with Gasteiger partial charge >= 0.3 is 5.97 Å². The zero-order valence-corrected chi connectivity index (χ0v) is 12.5. The van der Waals surface area contributed by atoms with Crippen LogP contribution in [0, 0.1) is 0 Å². The first-order chi connectivity index (χ1) is 10.2. The summed E-state index contributed by atoms with van der Waals surface area (Å²) in [7, 11) is 1.33. The molecule has 2 aromatic rings. The predicted molar refractivity (Wildman–Crippen MR) is 80.5 cm³/mol. The van der Waals surface area contributed by atoms with Crippen molar-refractivity contribution < 1.29 is 14.1 Å². The molecule has 1 heterocycles. The summed E-state index contributed by atoms with van der Waals surface area (Å²) in [5.41, 5.74) is 6.57. The van der Waals surface area contributed by atoms with Crippen molar-refractivity contribution in [3.63, 3.8) is 0 Å². The van der Waals surface area contributed by atoms with Crippen molar-refractivity contribution in [2.45, 2.75) is 18.2 Å². The van der Waals surface area contributed by atoms with E-state index in [0.717, 1.165) is 11.3 Å². The molecule has 1 atom stereocenters. The van der Waals surface area contributed by atoms with Crippen LogP contribution < -0.4 is 5.73 Å². The van der Waals surface area contributed by atoms with Crippen molar-refractivity contribution in [2.24, 2.45) is 5.73 Å². The fourth-order valence-electron chi connectivity index (χ4n) is 1.66. The summed E-state index contributed by atoms with van der Waals surface area (Å²) in [6, 6.07) is 9.06. The van der Waals surface area contributed by atoms with Gasteiger partial charge in [0.25, 0.3) is 0 Å². The first-order valence-electron chi connectivity index (χ1n) is 6.50. The largest absolute Gasteiger partial charge is 0.468 e. The zero-order chi connectivity index (χ0) is 15.1. The zero-order valence-electron chi connectivity index (χ0n) is 11.7. The van der Waals surface area contributed by atoms with Crippen molar-refractivity contribution >= 4 is 17.7 Å². The van der Waals surface area contributed by atoms with Gasteiger partial charge in [-0.15, -0.1) is 0 Å². The fraction of sp³-hybridized carbons (Fsp3) is 0.357. The van der Waals surface area contributed by atoms with Crippen LogP contribution in [-0.2, 0) is 15.3 Å². The second kappa shape index (κ2) is 7.80. The Kier molecular flexibility index (Phi) is 5.77. The number of ether oxygens (including phenoxy) is 1. The summed E-state index contributed by atoms with van der Waals surface area (Å²) in [5.74, 6) is 2.07. The number of esters is 1. The number of hydrogen-bond donors (Lipinski definition) is 1. The molecule has 0 fully saturated rings. The molecule has 0 amide bonds. The fourth-order valence-corrected chi connectivity index (χ4v) is 2.51. The van der Waals surface area contributed by atoms with Gasteiger partial charge in [-0.25, -0.2) is 0 Å². The number of aromatic nitrogens is 2. The summed E-state index contributed by atoms with van der Waals surface area (Å²) < 4.78 is 9.76. The van der Waals surface area contributed by atoms with Gasteiger partial charge in [0.1, 0.15) is 6.04 Å². The first-order valence-corrected chi connectivity index (χ1v) is 7.65. The van der Waals surface area contributed by atoms with Crippen LogP contribution in [0.4, 0.5) is 0 Å². The molecule has 2 N–H and O–H groups in total. The number of hydrogen-bond acceptors (Lipinski definition) is 7. The molecule has 0 bridgehead atoms. The van der Waals surface area contributed by atoms with Crippen LogP contribution in [0.2, 0.25) is 0 Å². The van der Waals surface area contributed by atoms with Crippen molar-refractivity contribution in [2.75, 3.05) is 12.9 Å². The van der Waals surface area contributed by atoms with E-state index >= 15 is 0 Å². The van der Waals surface area contributed by atoms with E-state index in [1.54, 1.807) is 11.8 Å². The third kappa shape index (κ3) is 4.57. The molecule has 0 aliphatic carbocycles. The number of carbonyl (C=O) groups excluding carboxylic acids is 1. The number of methoxy groups -OCH3 is 1. The lowest BCUT2D eigenvalue weighted by atomic mass is 10.2. The van der Waals surface area contributed by atoms with E-state index in [1.165, 1.54) is 7.11 Å². The van der Waals surface area contributed by atoms with E-state index in [0.29, 0.717) is 23.9 Å². The molecule has 7 heteroatoms. The van der Waals surface area contributed by atoms with Crippen molar-refractivity contribution in [3.05, 3.63) is 36.2 Å². The Labute approximate surface area is 127 Å². The molecule has 21 heavy (non-hydrogen) atoms. The number of nitrogens with two attached hydrogens (primary N) is 1. The predicted octanol–water partition coefficient (Wildman–Crippen LogP) is 1.86. The number of benzene rings is 1. The molecule has 1 aromatic carbocycles. The van der Waals surface area contributed by atoms with E-state index in [4.69, 9.17) is 10.3 Å². The minimum absolute atomic E-state index is 0.389. The monoisotopic (exact) mass is 307 g/mol. The molecule has 6 nitrogen and oxygen atoms in total. The Hall–Kier alpha value is -1.86. The maximum absolute atomic E-state index is 11.1. The average Bonchev–Trinajstić information content (AvgIpc) is 3.00. The molecule has 1 aromatic heterocycles. The Morgan fingerprint density at radius 2 is 2.19 bits per heavy atom. The highest BCUT2D eigenvalue weighted by Crippen LogP contribution is 2.18. The number of rotatable bonds is 7. The second-order valence-electron chi connectivity index (χ2n) is 4.35. The van der Waals surface area contributed by atoms with Crippen LogP contribution in [0.5, 0.6) is 0 Å². The highest BCUT2D eigenvalue weighted by Gasteiger charge is 2.13. The first kappa shape index (κ1) is 15.5. The Morgan fingerprint density at radius 1 is 1.43 bits per heavy atom. The van der Waals surface area contributed by atoms with Gasteiger partial charge in [-0.1, -0.05) is 35.5 Å². The van der Waals surface area contributed by atoms with E-state index < -0.39 is 6.04 Å². The van der Waals surface area contributed by atoms with Gasteiger partial charge in [0.2, 0.25) is 11.7 Å². The molecular weight excluding hydrogens is 290 g/mol. The summed E-state index contributed by atoms with van der Waals surface area (Å²) in [6.07, 6.45) is 0.553. The molecule has 1 unspecified atom stereocenters. The molecule has 0 saturated carbocycles. The highest BCUT2D eigenvalue weighted by atomic mass is 32.2. The van der Waals surface area contributed by atoms with E-state index in [9.17, 15) is 4.79 Å². The molecule has 0 aliphatic heterocycles. The summed E-state index contributed by atoms with van der Waals surface area (Å²) in [5, 5.41) is 3.94. The van der Waals surface area contributed by atoms with Gasteiger partial charge in [-0.3, -0.25) is 4.79 Å². The van der Waals surface area contributed by atoms with Crippen LogP contribution in [0.3, 0.4) is 0 Å². The lowest BCUT2D eigenvalue weighted by Gasteiger charge is -2.07. The Morgan fingerprint density at radius 3 is 2.90 bits per heavy atom. The van der Waals surface area contributed by atoms with Crippen molar-refractivity contribution in [3.8, 4) is 11.4 Å². The van der Waals surface area contributed by atoms with E-state index in [1.807, 2.05) is 30.3 Å². The third-order valence-electron chi connectivity index (χ3n) is 2.80. The second-order valence-corrected chi connectivity index (χ2v) is 5.45. The maximum Gasteiger partial charge on any atom is 0.322 e. The van der Waals surface area contributed by atoms with Crippen molar-refractivity contribution in [1.82, 2.24) is 10.1 Å². The normalized spacial score (nSPS) is 12.1. The van der Waals surface area contributed by atoms with Crippen LogP contribution in [0.15, 0.2) is 34.9 Å². The molecule has 0 saturated heterocycles. The lowest BCUT2D eigenvalue weighted by Crippen LogP contribution is -2.31. The van der Waals surface area contributed by atoms with Crippen LogP contribution in [-0.4, -0.2) is 35.0 Å². The standard InChI is InChI=1S/C14H17N3O3S/c1-19-14(18)11(15)7-8-21-9-12-16-13(17-20-12)10-5-3-2-4-6-10/h2-6,11H,7-9,15H2,1H3. The van der Waals surface area contributed by atoms with Crippen LogP contribution >= 0.6 is 11.8 Å². The smallest absolute Gasteiger partial charge is 0.322 e. The molecule has 2 rings (SSSR count). The van der Waals surface area contributed by atoms with Gasteiger partial charge in [0.05, 0.1) is 12.9 Å². The number of thioether (sulfide) groups is 1. The maximum atomic E-state index is 11.1. The Balaban J connectivity index is 1.77. The van der Waals surface area contributed by atoms with E-state index in [2.05, 4.69) is 14.9 Å². The van der Waals surface area contributed by atoms with E-state index in [-0.39, 0.29) is 5.97 Å². The van der Waals surface area contributed by atoms with Gasteiger partial charge < -0.3 is 15.0 Å². The number of nitrogens with zero attached hydrogens (tertiary/aromatic N) is 2. The lowest BCUT2D eigenvalue weighted by molar-refractivity contribution is -0.142. The third-order valence-corrected chi connectivity index (χ3v) is 3.78. The van der Waals surface area contributed by atoms with Crippen LogP contribution in [0.1, 0.15) is 12.3 Å². The average molecular weight is 307 g/mol. The quantitative estimate of drug-likeness (QED) is 0.616. The van der Waals surface area contributed by atoms with Crippen molar-refractivity contribution in [1.29, 1.82) is 0 Å². The summed E-state index contributed by atoms with van der Waals surface area (Å²) in [6.45, 7) is 0. The topological polar surface area (TPSA) is 91.2 Å². The molecule has 112 valence electrons. The van der Waals surface area contributed by atoms with Gasteiger partial charge in [0.15, 0.2) is 0 Å². The van der Waals surface area contributed by atoms with Gasteiger partial charge in [-0.05, 0) is 12.2 Å². The highest BCUT2D eigenvalue weighted by molar-refractivity contribution is 7.98. The minimum atomic E-state index is -0.579. The van der Waals surface area contributed by atoms with Crippen LogP contribution in [0.25, 0.3) is 11.4 Å². The minimum Gasteiger partial charge on any atom is -0.468 e. The van der Waals surface area contributed by atoms with Gasteiger partial charge in [-0.2, -0.15) is 16.7 Å². The molecule has 0 aliphatic rings. The molecule has 0 spiro atoms. The Bertz CT molecular complexity index is 574. The summed E-state index contributed by atoms with van der Waals surface area (Å²) in [4.78, 5) is 15.5. The summed E-state index contributed by atoms with van der Waals surface area (Å²) >= 11 is 1.59.